The summed E-state index contributed by atoms with van der Waals surface area (Å²) in [6.45, 7) is 1.14. The number of ether oxygens (including phenoxy) is 1. The molecule has 0 aromatic heterocycles. The fraction of sp³-hybridized carbons (Fsp3) is 0.500. The minimum Gasteiger partial charge on any atom is -0.372 e. The Morgan fingerprint density at radius 2 is 2.14 bits per heavy atom. The zero-order valence-electron chi connectivity index (χ0n) is 11.9. The van der Waals surface area contributed by atoms with Crippen LogP contribution in [-0.4, -0.2) is 31.9 Å². The molecule has 0 spiro atoms. The number of aliphatic imine (C=N–C) groups is 1. The van der Waals surface area contributed by atoms with Gasteiger partial charge in [0.15, 0.2) is 5.96 Å². The van der Waals surface area contributed by atoms with E-state index in [1.807, 2.05) is 24.3 Å². The van der Waals surface area contributed by atoms with Gasteiger partial charge in [-0.1, -0.05) is 19.1 Å². The van der Waals surface area contributed by atoms with Crippen molar-refractivity contribution in [3.8, 4) is 0 Å². The van der Waals surface area contributed by atoms with E-state index in [1.165, 1.54) is 5.56 Å². The van der Waals surface area contributed by atoms with Crippen molar-refractivity contribution in [1.82, 2.24) is 0 Å². The molecule has 0 aliphatic heterocycles. The number of hydrogen-bond acceptors (Lipinski definition) is 2. The standard InChI is InChI=1S/C14H20F3N3O/c1-2-11-5-3-6-12(9-11)20-13(18)19-7-4-8-21-10-14(15,16)17/h3,5-6,9H,2,4,7-8,10H2,1H3,(H3,18,19,20). The Balaban J connectivity index is 2.27. The van der Waals surface area contributed by atoms with E-state index in [0.29, 0.717) is 13.0 Å². The second-order valence-electron chi connectivity index (χ2n) is 4.47. The van der Waals surface area contributed by atoms with E-state index in [-0.39, 0.29) is 12.6 Å². The summed E-state index contributed by atoms with van der Waals surface area (Å²) in [5, 5.41) is 2.94. The quantitative estimate of drug-likeness (QED) is 0.462. The van der Waals surface area contributed by atoms with Gasteiger partial charge in [-0.15, -0.1) is 0 Å². The second kappa shape index (κ2) is 8.51. The lowest BCUT2D eigenvalue weighted by Gasteiger charge is -2.08. The minimum atomic E-state index is -4.28. The van der Waals surface area contributed by atoms with E-state index in [2.05, 4.69) is 22.0 Å². The van der Waals surface area contributed by atoms with Gasteiger partial charge < -0.3 is 15.8 Å². The first-order chi connectivity index (χ1) is 9.90. The van der Waals surface area contributed by atoms with Crippen molar-refractivity contribution in [3.63, 3.8) is 0 Å². The number of benzene rings is 1. The first-order valence-electron chi connectivity index (χ1n) is 6.71. The van der Waals surface area contributed by atoms with E-state index in [1.54, 1.807) is 0 Å². The highest BCUT2D eigenvalue weighted by molar-refractivity contribution is 5.92. The summed E-state index contributed by atoms with van der Waals surface area (Å²) in [6, 6.07) is 7.76. The normalized spacial score (nSPS) is 12.5. The number of nitrogens with two attached hydrogens (primary N) is 1. The van der Waals surface area contributed by atoms with Crippen LogP contribution >= 0.6 is 0 Å². The Hall–Kier alpha value is -1.76. The summed E-state index contributed by atoms with van der Waals surface area (Å²) in [7, 11) is 0. The van der Waals surface area contributed by atoms with E-state index >= 15 is 0 Å². The number of nitrogens with zero attached hydrogens (tertiary/aromatic N) is 1. The van der Waals surface area contributed by atoms with Gasteiger partial charge in [-0.3, -0.25) is 4.99 Å². The summed E-state index contributed by atoms with van der Waals surface area (Å²) in [6.07, 6.45) is -2.98. The largest absolute Gasteiger partial charge is 0.411 e. The Bertz CT molecular complexity index is 461. The molecule has 4 nitrogen and oxygen atoms in total. The predicted molar refractivity (Wildman–Crippen MR) is 77.4 cm³/mol. The summed E-state index contributed by atoms with van der Waals surface area (Å²) >= 11 is 0. The third-order valence-electron chi connectivity index (χ3n) is 2.60. The lowest BCUT2D eigenvalue weighted by Crippen LogP contribution is -2.23. The van der Waals surface area contributed by atoms with Crippen LogP contribution in [0.2, 0.25) is 0 Å². The SMILES string of the molecule is CCc1cccc(NC(N)=NCCCOCC(F)(F)F)c1. The van der Waals surface area contributed by atoms with Crippen LogP contribution in [0.4, 0.5) is 18.9 Å². The maximum absolute atomic E-state index is 11.8. The lowest BCUT2D eigenvalue weighted by molar-refractivity contribution is -0.173. The highest BCUT2D eigenvalue weighted by Gasteiger charge is 2.27. The van der Waals surface area contributed by atoms with Crippen LogP contribution in [0.5, 0.6) is 0 Å². The molecule has 0 atom stereocenters. The van der Waals surface area contributed by atoms with Crippen LogP contribution in [0.25, 0.3) is 0 Å². The monoisotopic (exact) mass is 303 g/mol. The average molecular weight is 303 g/mol. The molecule has 0 amide bonds. The molecular weight excluding hydrogens is 283 g/mol. The zero-order chi connectivity index (χ0) is 15.7. The number of anilines is 1. The van der Waals surface area contributed by atoms with Gasteiger partial charge in [0.25, 0.3) is 0 Å². The molecular formula is C14H20F3N3O. The van der Waals surface area contributed by atoms with Crippen LogP contribution in [0.3, 0.4) is 0 Å². The van der Waals surface area contributed by atoms with Gasteiger partial charge in [-0.05, 0) is 30.5 Å². The molecule has 3 N–H and O–H groups in total. The summed E-state index contributed by atoms with van der Waals surface area (Å²) in [5.41, 5.74) is 7.71. The highest BCUT2D eigenvalue weighted by Crippen LogP contribution is 2.14. The molecule has 0 saturated carbocycles. The third kappa shape index (κ3) is 8.19. The number of rotatable bonds is 7. The van der Waals surface area contributed by atoms with Crippen molar-refractivity contribution in [2.24, 2.45) is 10.7 Å². The van der Waals surface area contributed by atoms with Gasteiger partial charge in [0.1, 0.15) is 6.61 Å². The maximum atomic E-state index is 11.8. The van der Waals surface area contributed by atoms with E-state index in [0.717, 1.165) is 12.1 Å². The molecule has 0 fully saturated rings. The summed E-state index contributed by atoms with van der Waals surface area (Å²) in [4.78, 5) is 4.03. The van der Waals surface area contributed by atoms with Crippen molar-refractivity contribution in [2.45, 2.75) is 25.9 Å². The third-order valence-corrected chi connectivity index (χ3v) is 2.60. The Morgan fingerprint density at radius 1 is 1.38 bits per heavy atom. The van der Waals surface area contributed by atoms with Crippen LogP contribution in [-0.2, 0) is 11.2 Å². The van der Waals surface area contributed by atoms with Crippen LogP contribution in [0.15, 0.2) is 29.3 Å². The van der Waals surface area contributed by atoms with Gasteiger partial charge in [-0.2, -0.15) is 13.2 Å². The molecule has 7 heteroatoms. The molecule has 1 aromatic rings. The fourth-order valence-electron chi connectivity index (χ4n) is 1.61. The van der Waals surface area contributed by atoms with Gasteiger partial charge in [-0.25, -0.2) is 0 Å². The van der Waals surface area contributed by atoms with Crippen LogP contribution < -0.4 is 11.1 Å². The van der Waals surface area contributed by atoms with Gasteiger partial charge in [0, 0.05) is 18.8 Å². The van der Waals surface area contributed by atoms with Gasteiger partial charge >= 0.3 is 6.18 Å². The van der Waals surface area contributed by atoms with E-state index in [9.17, 15) is 13.2 Å². The van der Waals surface area contributed by atoms with Crippen molar-refractivity contribution in [1.29, 1.82) is 0 Å². The molecule has 0 radical (unpaired) electrons. The summed E-state index contributed by atoms with van der Waals surface area (Å²) < 4.78 is 39.9. The number of hydrogen-bond donors (Lipinski definition) is 2. The number of alkyl halides is 3. The average Bonchev–Trinajstić information content (AvgIpc) is 2.41. The number of guanidine groups is 1. The maximum Gasteiger partial charge on any atom is 0.411 e. The molecule has 118 valence electrons. The van der Waals surface area contributed by atoms with Crippen LogP contribution in [0.1, 0.15) is 18.9 Å². The molecule has 1 aromatic carbocycles. The van der Waals surface area contributed by atoms with Crippen molar-refractivity contribution >= 4 is 11.6 Å². The smallest absolute Gasteiger partial charge is 0.372 e. The van der Waals surface area contributed by atoms with Gasteiger partial charge in [0.2, 0.25) is 0 Å². The zero-order valence-corrected chi connectivity index (χ0v) is 11.9. The second-order valence-corrected chi connectivity index (χ2v) is 4.47. The fourth-order valence-corrected chi connectivity index (χ4v) is 1.61. The molecule has 1 rings (SSSR count). The Labute approximate surface area is 122 Å². The van der Waals surface area contributed by atoms with Crippen molar-refractivity contribution in [3.05, 3.63) is 29.8 Å². The first kappa shape index (κ1) is 17.3. The minimum absolute atomic E-state index is 0.00160. The predicted octanol–water partition coefficient (Wildman–Crippen LogP) is 2.94. The summed E-state index contributed by atoms with van der Waals surface area (Å²) in [5.74, 6) is 0.235. The first-order valence-corrected chi connectivity index (χ1v) is 6.71. The lowest BCUT2D eigenvalue weighted by atomic mass is 10.1. The molecule has 0 bridgehead atoms. The number of halogens is 3. The van der Waals surface area contributed by atoms with E-state index < -0.39 is 12.8 Å². The molecule has 0 saturated heterocycles. The van der Waals surface area contributed by atoms with Gasteiger partial charge in [0.05, 0.1) is 0 Å². The Kier molecular flexibility index (Phi) is 7.01. The Morgan fingerprint density at radius 3 is 2.81 bits per heavy atom. The molecule has 21 heavy (non-hydrogen) atoms. The topological polar surface area (TPSA) is 59.6 Å². The molecule has 0 aliphatic rings. The number of aryl methyl sites for hydroxylation is 1. The van der Waals surface area contributed by atoms with Crippen molar-refractivity contribution in [2.75, 3.05) is 25.1 Å². The van der Waals surface area contributed by atoms with Crippen molar-refractivity contribution < 1.29 is 17.9 Å². The number of nitrogens with one attached hydrogen (secondary N) is 1. The molecule has 0 unspecified atom stereocenters. The molecule has 0 aliphatic carbocycles. The molecule has 0 heterocycles. The highest BCUT2D eigenvalue weighted by atomic mass is 19.4. The van der Waals surface area contributed by atoms with E-state index in [4.69, 9.17) is 5.73 Å². The van der Waals surface area contributed by atoms with Crippen LogP contribution in [0, 0.1) is 0 Å².